The molecular weight excluding hydrogens is 284 g/mol. The fraction of sp³-hybridized carbons (Fsp3) is 0.462. The molecule has 0 heterocycles. The third-order valence-corrected chi connectivity index (χ3v) is 3.92. The molecule has 0 saturated heterocycles. The average molecular weight is 301 g/mol. The smallest absolute Gasteiger partial charge is 0.332 e. The predicted molar refractivity (Wildman–Crippen MR) is 80.0 cm³/mol. The summed E-state index contributed by atoms with van der Waals surface area (Å²) in [4.78, 5) is 12.1. The number of nitrogens with one attached hydrogen (secondary N) is 1. The highest BCUT2D eigenvalue weighted by atomic mass is 35.5. The molecule has 6 heteroatoms. The van der Waals surface area contributed by atoms with Gasteiger partial charge in [0.15, 0.2) is 0 Å². The molecule has 0 aromatic heterocycles. The number of aromatic hydroxyl groups is 1. The van der Waals surface area contributed by atoms with Crippen LogP contribution in [0, 0.1) is 0 Å². The van der Waals surface area contributed by atoms with E-state index in [1.807, 2.05) is 0 Å². The summed E-state index contributed by atoms with van der Waals surface area (Å²) in [5, 5.41) is 13.1. The largest absolute Gasteiger partial charge is 0.506 e. The van der Waals surface area contributed by atoms with Gasteiger partial charge >= 0.3 is 6.03 Å². The second-order valence-electron chi connectivity index (χ2n) is 4.73. The van der Waals surface area contributed by atoms with E-state index >= 15 is 0 Å². The summed E-state index contributed by atoms with van der Waals surface area (Å²) in [6.45, 7) is 0. The van der Waals surface area contributed by atoms with Gasteiger partial charge in [-0.1, -0.05) is 43.7 Å². The number of nitrogens with zero attached hydrogens (tertiary/aromatic N) is 1. The fourth-order valence-electron chi connectivity index (χ4n) is 2.26. The molecule has 2 N–H and O–H groups in total. The molecule has 0 bridgehead atoms. The van der Waals surface area contributed by atoms with Crippen LogP contribution in [-0.4, -0.2) is 17.2 Å². The Morgan fingerprint density at radius 2 is 2.05 bits per heavy atom. The number of amides is 2. The quantitative estimate of drug-likeness (QED) is 0.729. The van der Waals surface area contributed by atoms with Crippen LogP contribution in [-0.2, 0) is 0 Å². The van der Waals surface area contributed by atoms with Gasteiger partial charge in [0.2, 0.25) is 0 Å². The van der Waals surface area contributed by atoms with Crippen molar-refractivity contribution in [2.45, 2.75) is 38.1 Å². The van der Waals surface area contributed by atoms with Crippen LogP contribution in [0.2, 0.25) is 5.02 Å². The van der Waals surface area contributed by atoms with Gasteiger partial charge in [-0.05, 0) is 31.0 Å². The van der Waals surface area contributed by atoms with E-state index in [2.05, 4.69) is 18.1 Å². The van der Waals surface area contributed by atoms with Crippen molar-refractivity contribution < 1.29 is 9.90 Å². The van der Waals surface area contributed by atoms with E-state index < -0.39 is 0 Å². The summed E-state index contributed by atoms with van der Waals surface area (Å²) in [7, 11) is 0. The van der Waals surface area contributed by atoms with Gasteiger partial charge in [-0.2, -0.15) is 0 Å². The summed E-state index contributed by atoms with van der Waals surface area (Å²) in [6.07, 6.45) is 5.50. The number of carbonyl (C=O) groups is 1. The number of hydrogen-bond donors (Lipinski definition) is 3. The van der Waals surface area contributed by atoms with E-state index in [9.17, 15) is 9.90 Å². The van der Waals surface area contributed by atoms with Gasteiger partial charge in [0.05, 0.1) is 0 Å². The predicted octanol–water partition coefficient (Wildman–Crippen LogP) is 3.74. The second kappa shape index (κ2) is 6.39. The Bertz CT molecular complexity index is 464. The number of carbonyl (C=O) groups excluding carboxylic acids is 1. The van der Waals surface area contributed by atoms with Crippen LogP contribution >= 0.6 is 24.4 Å². The Balaban J connectivity index is 2.03. The number of thiol groups is 1. The number of phenolic OH excluding ortho intramolecular Hbond substituents is 1. The standard InChI is InChI=1S/C13H17ClN2O2S/c14-9-6-7-12(17)11(8-9)16(19)13(18)15-10-4-2-1-3-5-10/h6-8,10,17,19H,1-5H2,(H,15,18). The molecule has 0 radical (unpaired) electrons. The number of phenols is 1. The molecule has 1 aliphatic rings. The Morgan fingerprint density at radius 3 is 2.74 bits per heavy atom. The minimum absolute atomic E-state index is 0.0294. The fourth-order valence-corrected chi connectivity index (χ4v) is 2.64. The highest BCUT2D eigenvalue weighted by Crippen LogP contribution is 2.31. The number of rotatable bonds is 2. The normalized spacial score (nSPS) is 16.1. The molecule has 1 aromatic rings. The monoisotopic (exact) mass is 300 g/mol. The molecule has 1 aromatic carbocycles. The van der Waals surface area contributed by atoms with Crippen molar-refractivity contribution in [3.63, 3.8) is 0 Å². The van der Waals surface area contributed by atoms with Gasteiger partial charge < -0.3 is 10.4 Å². The molecule has 0 spiro atoms. The number of anilines is 1. The molecule has 104 valence electrons. The molecule has 1 fully saturated rings. The van der Waals surface area contributed by atoms with Gasteiger partial charge in [0, 0.05) is 11.1 Å². The molecule has 1 aliphatic carbocycles. The molecule has 2 rings (SSSR count). The lowest BCUT2D eigenvalue weighted by Gasteiger charge is -2.25. The summed E-state index contributed by atoms with van der Waals surface area (Å²) in [6, 6.07) is 4.35. The summed E-state index contributed by atoms with van der Waals surface area (Å²) in [5.74, 6) is -0.0294. The summed E-state index contributed by atoms with van der Waals surface area (Å²) in [5.41, 5.74) is 0.282. The van der Waals surface area contributed by atoms with Crippen molar-refractivity contribution in [1.82, 2.24) is 5.32 Å². The van der Waals surface area contributed by atoms with E-state index in [1.165, 1.54) is 18.6 Å². The van der Waals surface area contributed by atoms with Gasteiger partial charge in [0.1, 0.15) is 11.4 Å². The topological polar surface area (TPSA) is 52.6 Å². The SMILES string of the molecule is O=C(NC1CCCCC1)N(S)c1cc(Cl)ccc1O. The summed E-state index contributed by atoms with van der Waals surface area (Å²) < 4.78 is 1.09. The van der Waals surface area contributed by atoms with Crippen LogP contribution in [0.25, 0.3) is 0 Å². The zero-order valence-corrected chi connectivity index (χ0v) is 12.1. The van der Waals surface area contributed by atoms with E-state index in [0.717, 1.165) is 30.0 Å². The van der Waals surface area contributed by atoms with Crippen molar-refractivity contribution >= 4 is 36.1 Å². The first-order chi connectivity index (χ1) is 9.08. The van der Waals surface area contributed by atoms with Crippen molar-refractivity contribution in [3.05, 3.63) is 23.2 Å². The van der Waals surface area contributed by atoms with Gasteiger partial charge in [-0.3, -0.25) is 0 Å². The number of urea groups is 1. The Labute approximate surface area is 123 Å². The average Bonchev–Trinajstić information content (AvgIpc) is 2.42. The molecule has 4 nitrogen and oxygen atoms in total. The maximum absolute atomic E-state index is 12.1. The van der Waals surface area contributed by atoms with Gasteiger partial charge in [-0.25, -0.2) is 9.10 Å². The first kappa shape index (κ1) is 14.3. The molecule has 0 unspecified atom stereocenters. The zero-order chi connectivity index (χ0) is 13.8. The first-order valence-corrected chi connectivity index (χ1v) is 7.14. The van der Waals surface area contributed by atoms with Crippen molar-refractivity contribution in [1.29, 1.82) is 0 Å². The van der Waals surface area contributed by atoms with Crippen LogP contribution in [0.5, 0.6) is 5.75 Å². The maximum Gasteiger partial charge on any atom is 0.332 e. The molecule has 1 saturated carbocycles. The van der Waals surface area contributed by atoms with E-state index in [0.29, 0.717) is 5.02 Å². The lowest BCUT2D eigenvalue weighted by Crippen LogP contribution is -2.42. The second-order valence-corrected chi connectivity index (χ2v) is 5.57. The minimum Gasteiger partial charge on any atom is -0.506 e. The third kappa shape index (κ3) is 3.70. The highest BCUT2D eigenvalue weighted by Gasteiger charge is 2.21. The van der Waals surface area contributed by atoms with E-state index in [-0.39, 0.29) is 23.5 Å². The Morgan fingerprint density at radius 1 is 1.37 bits per heavy atom. The van der Waals surface area contributed by atoms with Crippen LogP contribution < -0.4 is 9.62 Å². The minimum atomic E-state index is -0.340. The van der Waals surface area contributed by atoms with Crippen LogP contribution in [0.15, 0.2) is 18.2 Å². The molecule has 19 heavy (non-hydrogen) atoms. The van der Waals surface area contributed by atoms with E-state index in [1.54, 1.807) is 6.07 Å². The number of benzene rings is 1. The first-order valence-electron chi connectivity index (χ1n) is 6.36. The molecule has 0 atom stereocenters. The van der Waals surface area contributed by atoms with E-state index in [4.69, 9.17) is 11.6 Å². The van der Waals surface area contributed by atoms with Gasteiger partial charge in [0.25, 0.3) is 0 Å². The number of halogens is 1. The highest BCUT2D eigenvalue weighted by molar-refractivity contribution is 7.82. The molecular formula is C13H17ClN2O2S. The van der Waals surface area contributed by atoms with Crippen LogP contribution in [0.3, 0.4) is 0 Å². The lowest BCUT2D eigenvalue weighted by molar-refractivity contribution is 0.242. The Hall–Kier alpha value is -1.07. The van der Waals surface area contributed by atoms with Crippen LogP contribution in [0.4, 0.5) is 10.5 Å². The molecule has 2 amide bonds. The Kier molecular flexibility index (Phi) is 4.82. The van der Waals surface area contributed by atoms with Crippen molar-refractivity contribution in [3.8, 4) is 5.75 Å². The number of hydrogen-bond acceptors (Lipinski definition) is 3. The summed E-state index contributed by atoms with van der Waals surface area (Å²) >= 11 is 9.99. The lowest BCUT2D eigenvalue weighted by atomic mass is 9.96. The van der Waals surface area contributed by atoms with Crippen molar-refractivity contribution in [2.24, 2.45) is 0 Å². The van der Waals surface area contributed by atoms with Crippen molar-refractivity contribution in [2.75, 3.05) is 4.31 Å². The van der Waals surface area contributed by atoms with Gasteiger partial charge in [-0.15, -0.1) is 0 Å². The molecule has 0 aliphatic heterocycles. The zero-order valence-electron chi connectivity index (χ0n) is 10.5. The maximum atomic E-state index is 12.1. The van der Waals surface area contributed by atoms with Crippen LogP contribution in [0.1, 0.15) is 32.1 Å². The third-order valence-electron chi connectivity index (χ3n) is 3.29.